The highest BCUT2D eigenvalue weighted by molar-refractivity contribution is 6.20. The number of aryl methyl sites for hydroxylation is 2. The molecule has 2 aromatic heterocycles. The van der Waals surface area contributed by atoms with E-state index >= 15 is 0 Å². The second kappa shape index (κ2) is 5.76. The molecule has 112 valence electrons. The summed E-state index contributed by atoms with van der Waals surface area (Å²) in [5.74, 6) is 1.59. The summed E-state index contributed by atoms with van der Waals surface area (Å²) in [4.78, 5) is 4.76. The highest BCUT2D eigenvalue weighted by Crippen LogP contribution is 2.31. The standard InChI is InChI=1S/C15H25ClN4/c1-7-19-15-13(12(6)18-19)17-14(11(5)16)20(15)10(4)8-9(2)3/h9-11H,7-8H2,1-6H3. The van der Waals surface area contributed by atoms with Gasteiger partial charge in [0.05, 0.1) is 11.1 Å². The van der Waals surface area contributed by atoms with Crippen molar-refractivity contribution < 1.29 is 0 Å². The van der Waals surface area contributed by atoms with Gasteiger partial charge in [-0.2, -0.15) is 5.10 Å². The first-order valence-electron chi connectivity index (χ1n) is 7.46. The van der Waals surface area contributed by atoms with E-state index < -0.39 is 0 Å². The maximum Gasteiger partial charge on any atom is 0.159 e. The van der Waals surface area contributed by atoms with E-state index in [0.29, 0.717) is 12.0 Å². The average molecular weight is 297 g/mol. The van der Waals surface area contributed by atoms with Crippen LogP contribution in [0.2, 0.25) is 0 Å². The zero-order valence-corrected chi connectivity index (χ0v) is 14.1. The van der Waals surface area contributed by atoms with Crippen LogP contribution in [0.5, 0.6) is 0 Å². The van der Waals surface area contributed by atoms with Crippen LogP contribution in [0.15, 0.2) is 0 Å². The number of nitrogens with zero attached hydrogens (tertiary/aromatic N) is 4. The summed E-state index contributed by atoms with van der Waals surface area (Å²) in [6.45, 7) is 13.7. The van der Waals surface area contributed by atoms with Crippen molar-refractivity contribution in [1.82, 2.24) is 19.3 Å². The number of rotatable bonds is 5. The molecule has 0 radical (unpaired) electrons. The van der Waals surface area contributed by atoms with Crippen molar-refractivity contribution in [1.29, 1.82) is 0 Å². The topological polar surface area (TPSA) is 35.6 Å². The fourth-order valence-corrected chi connectivity index (χ4v) is 3.08. The first kappa shape index (κ1) is 15.4. The number of imidazole rings is 1. The molecule has 0 aromatic carbocycles. The van der Waals surface area contributed by atoms with Crippen molar-refractivity contribution in [2.75, 3.05) is 0 Å². The Morgan fingerprint density at radius 2 is 1.85 bits per heavy atom. The van der Waals surface area contributed by atoms with E-state index in [1.54, 1.807) is 0 Å². The second-order valence-electron chi connectivity index (χ2n) is 6.01. The summed E-state index contributed by atoms with van der Waals surface area (Å²) < 4.78 is 4.33. The predicted octanol–water partition coefficient (Wildman–Crippen LogP) is 4.47. The minimum atomic E-state index is -0.0956. The largest absolute Gasteiger partial charge is 0.309 e. The molecule has 2 atom stereocenters. The van der Waals surface area contributed by atoms with Crippen LogP contribution in [0.1, 0.15) is 64.0 Å². The minimum Gasteiger partial charge on any atom is -0.309 e. The average Bonchev–Trinajstić information content (AvgIpc) is 2.86. The molecule has 0 aliphatic carbocycles. The van der Waals surface area contributed by atoms with Gasteiger partial charge in [-0.15, -0.1) is 11.6 Å². The van der Waals surface area contributed by atoms with Crippen molar-refractivity contribution >= 4 is 22.8 Å². The monoisotopic (exact) mass is 296 g/mol. The molecule has 5 heteroatoms. The van der Waals surface area contributed by atoms with Crippen molar-refractivity contribution in [3.63, 3.8) is 0 Å². The van der Waals surface area contributed by atoms with E-state index in [1.807, 2.05) is 18.5 Å². The number of alkyl halides is 1. The van der Waals surface area contributed by atoms with Gasteiger partial charge in [0, 0.05) is 12.6 Å². The van der Waals surface area contributed by atoms with Gasteiger partial charge in [0.1, 0.15) is 11.3 Å². The first-order chi connectivity index (χ1) is 9.36. The Bertz CT molecular complexity index is 595. The third-order valence-electron chi connectivity index (χ3n) is 3.68. The summed E-state index contributed by atoms with van der Waals surface area (Å²) in [5.41, 5.74) is 3.08. The van der Waals surface area contributed by atoms with E-state index in [4.69, 9.17) is 16.6 Å². The normalized spacial score (nSPS) is 15.2. The van der Waals surface area contributed by atoms with E-state index in [9.17, 15) is 0 Å². The van der Waals surface area contributed by atoms with Crippen LogP contribution in [0, 0.1) is 12.8 Å². The Morgan fingerprint density at radius 1 is 1.20 bits per heavy atom. The summed E-state index contributed by atoms with van der Waals surface area (Å²) in [6.07, 6.45) is 1.11. The Labute approximate surface area is 126 Å². The van der Waals surface area contributed by atoms with Crippen LogP contribution in [0.3, 0.4) is 0 Å². The molecule has 20 heavy (non-hydrogen) atoms. The van der Waals surface area contributed by atoms with Gasteiger partial charge in [-0.05, 0) is 40.0 Å². The van der Waals surface area contributed by atoms with Gasteiger partial charge in [-0.25, -0.2) is 9.67 Å². The van der Waals surface area contributed by atoms with Gasteiger partial charge in [0.25, 0.3) is 0 Å². The molecule has 0 saturated heterocycles. The molecule has 0 spiro atoms. The molecular formula is C15H25ClN4. The lowest BCUT2D eigenvalue weighted by Crippen LogP contribution is -2.15. The molecular weight excluding hydrogens is 272 g/mol. The molecule has 4 nitrogen and oxygen atoms in total. The van der Waals surface area contributed by atoms with Crippen molar-refractivity contribution in [3.05, 3.63) is 11.5 Å². The molecule has 0 fully saturated rings. The van der Waals surface area contributed by atoms with E-state index in [1.165, 1.54) is 0 Å². The van der Waals surface area contributed by atoms with Gasteiger partial charge < -0.3 is 4.57 Å². The summed E-state index contributed by atoms with van der Waals surface area (Å²) in [6, 6.07) is 0.373. The lowest BCUT2D eigenvalue weighted by Gasteiger charge is -2.20. The smallest absolute Gasteiger partial charge is 0.159 e. The van der Waals surface area contributed by atoms with E-state index in [2.05, 4.69) is 37.4 Å². The molecule has 2 aromatic rings. The highest BCUT2D eigenvalue weighted by Gasteiger charge is 2.24. The fourth-order valence-electron chi connectivity index (χ4n) is 2.93. The Kier molecular flexibility index (Phi) is 4.43. The molecule has 0 saturated carbocycles. The highest BCUT2D eigenvalue weighted by atomic mass is 35.5. The van der Waals surface area contributed by atoms with Gasteiger partial charge in [0.2, 0.25) is 0 Å². The zero-order valence-electron chi connectivity index (χ0n) is 13.3. The summed E-state index contributed by atoms with van der Waals surface area (Å²) >= 11 is 6.35. The SMILES string of the molecule is CCn1nc(C)c2nc(C(C)Cl)n(C(C)CC(C)C)c21. The second-order valence-corrected chi connectivity index (χ2v) is 6.66. The van der Waals surface area contributed by atoms with Crippen LogP contribution in [0.25, 0.3) is 11.2 Å². The van der Waals surface area contributed by atoms with E-state index in [0.717, 1.165) is 35.6 Å². The maximum absolute atomic E-state index is 6.35. The number of aromatic nitrogens is 4. The van der Waals surface area contributed by atoms with Crippen LogP contribution < -0.4 is 0 Å². The van der Waals surface area contributed by atoms with Gasteiger partial charge in [-0.1, -0.05) is 13.8 Å². The molecule has 2 heterocycles. The number of hydrogen-bond donors (Lipinski definition) is 0. The minimum absolute atomic E-state index is 0.0956. The van der Waals surface area contributed by atoms with Crippen LogP contribution in [-0.2, 0) is 6.54 Å². The molecule has 0 aliphatic heterocycles. The maximum atomic E-state index is 6.35. The van der Waals surface area contributed by atoms with Crippen molar-refractivity contribution in [2.45, 2.75) is 65.9 Å². The number of hydrogen-bond acceptors (Lipinski definition) is 2. The lowest BCUT2D eigenvalue weighted by atomic mass is 10.0. The Balaban J connectivity index is 2.66. The van der Waals surface area contributed by atoms with Crippen molar-refractivity contribution in [2.24, 2.45) is 5.92 Å². The predicted molar refractivity (Wildman–Crippen MR) is 84.4 cm³/mol. The molecule has 0 amide bonds. The molecule has 2 unspecified atom stereocenters. The molecule has 0 bridgehead atoms. The summed E-state index contributed by atoms with van der Waals surface area (Å²) in [7, 11) is 0. The number of fused-ring (bicyclic) bond motifs is 1. The van der Waals surface area contributed by atoms with Gasteiger partial charge >= 0.3 is 0 Å². The van der Waals surface area contributed by atoms with Gasteiger partial charge in [-0.3, -0.25) is 0 Å². The molecule has 0 N–H and O–H groups in total. The van der Waals surface area contributed by atoms with Crippen LogP contribution >= 0.6 is 11.6 Å². The zero-order chi connectivity index (χ0) is 15.0. The molecule has 0 aliphatic rings. The fraction of sp³-hybridized carbons (Fsp3) is 0.733. The van der Waals surface area contributed by atoms with Crippen LogP contribution in [0.4, 0.5) is 0 Å². The van der Waals surface area contributed by atoms with Gasteiger partial charge in [0.15, 0.2) is 5.65 Å². The van der Waals surface area contributed by atoms with Crippen LogP contribution in [-0.4, -0.2) is 19.3 Å². The lowest BCUT2D eigenvalue weighted by molar-refractivity contribution is 0.419. The Hall–Kier alpha value is -1.03. The third kappa shape index (κ3) is 2.58. The molecule has 2 rings (SSSR count). The van der Waals surface area contributed by atoms with Crippen molar-refractivity contribution in [3.8, 4) is 0 Å². The third-order valence-corrected chi connectivity index (χ3v) is 3.87. The Morgan fingerprint density at radius 3 is 2.35 bits per heavy atom. The first-order valence-corrected chi connectivity index (χ1v) is 7.89. The summed E-state index contributed by atoms with van der Waals surface area (Å²) in [5, 5.41) is 4.49. The quantitative estimate of drug-likeness (QED) is 0.763. The van der Waals surface area contributed by atoms with E-state index in [-0.39, 0.29) is 5.38 Å². The number of halogens is 1.